The summed E-state index contributed by atoms with van der Waals surface area (Å²) in [5.74, 6) is 11.2. The summed E-state index contributed by atoms with van der Waals surface area (Å²) in [5.41, 5.74) is 0. The second-order valence-corrected chi connectivity index (χ2v) is 5.25. The lowest BCUT2D eigenvalue weighted by molar-refractivity contribution is -0.137. The molecular weight excluding hydrogens is 248 g/mol. The van der Waals surface area contributed by atoms with E-state index in [1.807, 2.05) is 6.08 Å². The van der Waals surface area contributed by atoms with Gasteiger partial charge in [-0.2, -0.15) is 0 Å². The first-order valence-electron chi connectivity index (χ1n) is 7.48. The molecule has 0 aromatic carbocycles. The van der Waals surface area contributed by atoms with Crippen molar-refractivity contribution < 1.29 is 9.90 Å². The molecule has 0 aromatic heterocycles. The fraction of sp³-hybridized carbons (Fsp3) is 0.611. The molecule has 0 bridgehead atoms. The normalized spacial score (nSPS) is 9.95. The number of hydrogen-bond acceptors (Lipinski definition) is 1. The lowest BCUT2D eigenvalue weighted by Crippen LogP contribution is -1.92. The van der Waals surface area contributed by atoms with E-state index in [0.29, 0.717) is 12.8 Å². The third kappa shape index (κ3) is 16.3. The molecule has 0 unspecified atom stereocenters. The van der Waals surface area contributed by atoms with E-state index in [1.54, 1.807) is 0 Å². The summed E-state index contributed by atoms with van der Waals surface area (Å²) in [6, 6.07) is 0. The molecule has 0 amide bonds. The van der Waals surface area contributed by atoms with Crippen molar-refractivity contribution in [1.29, 1.82) is 0 Å². The number of unbranched alkanes of at least 4 members (excludes halogenated alkanes) is 4. The maximum Gasteiger partial charge on any atom is 0.303 e. The Kier molecular flexibility index (Phi) is 12.6. The van der Waals surface area contributed by atoms with E-state index in [4.69, 9.17) is 5.11 Å². The van der Waals surface area contributed by atoms with Gasteiger partial charge in [-0.3, -0.25) is 4.79 Å². The summed E-state index contributed by atoms with van der Waals surface area (Å²) in [5, 5.41) is 8.43. The summed E-state index contributed by atoms with van der Waals surface area (Å²) >= 11 is 0. The molecule has 110 valence electrons. The van der Waals surface area contributed by atoms with Gasteiger partial charge in [-0.05, 0) is 43.1 Å². The number of aliphatic carboxylic acids is 1. The molecule has 2 nitrogen and oxygen atoms in total. The first kappa shape index (κ1) is 18.3. The fourth-order valence-electron chi connectivity index (χ4n) is 1.65. The van der Waals surface area contributed by atoms with Crippen LogP contribution < -0.4 is 0 Å². The van der Waals surface area contributed by atoms with Crippen LogP contribution in [0.15, 0.2) is 12.2 Å². The predicted molar refractivity (Wildman–Crippen MR) is 84.1 cm³/mol. The van der Waals surface area contributed by atoms with Crippen molar-refractivity contribution in [3.8, 4) is 23.7 Å². The number of hydrogen-bond donors (Lipinski definition) is 1. The Morgan fingerprint density at radius 1 is 1.15 bits per heavy atom. The SMILES string of the molecule is CC(C)CCCCCC=CC#CC#CCCCC(=O)O. The molecular formula is C18H26O2. The van der Waals surface area contributed by atoms with Crippen molar-refractivity contribution in [2.24, 2.45) is 5.92 Å². The molecule has 0 atom stereocenters. The zero-order valence-corrected chi connectivity index (χ0v) is 12.7. The second-order valence-electron chi connectivity index (χ2n) is 5.25. The second kappa shape index (κ2) is 13.8. The van der Waals surface area contributed by atoms with Crippen LogP contribution in [0.5, 0.6) is 0 Å². The molecule has 0 aliphatic heterocycles. The van der Waals surface area contributed by atoms with E-state index in [2.05, 4.69) is 43.6 Å². The number of carboxylic acids is 1. The molecule has 0 fully saturated rings. The van der Waals surface area contributed by atoms with Gasteiger partial charge >= 0.3 is 5.97 Å². The maximum absolute atomic E-state index is 10.2. The highest BCUT2D eigenvalue weighted by atomic mass is 16.4. The molecule has 0 saturated carbocycles. The van der Waals surface area contributed by atoms with E-state index >= 15 is 0 Å². The van der Waals surface area contributed by atoms with Crippen LogP contribution in [-0.4, -0.2) is 11.1 Å². The van der Waals surface area contributed by atoms with E-state index in [0.717, 1.165) is 12.3 Å². The summed E-state index contributed by atoms with van der Waals surface area (Å²) < 4.78 is 0. The molecule has 0 saturated heterocycles. The van der Waals surface area contributed by atoms with Gasteiger partial charge in [-0.15, -0.1) is 0 Å². The van der Waals surface area contributed by atoms with Gasteiger partial charge < -0.3 is 5.11 Å². The lowest BCUT2D eigenvalue weighted by atomic mass is 10.0. The maximum atomic E-state index is 10.2. The van der Waals surface area contributed by atoms with E-state index in [1.165, 1.54) is 25.7 Å². The average molecular weight is 274 g/mol. The monoisotopic (exact) mass is 274 g/mol. The van der Waals surface area contributed by atoms with Crippen LogP contribution in [-0.2, 0) is 4.79 Å². The number of carboxylic acid groups (broad SMARTS) is 1. The zero-order valence-electron chi connectivity index (χ0n) is 12.7. The molecule has 0 radical (unpaired) electrons. The standard InChI is InChI=1S/C18H26O2/c1-17(2)15-13-11-9-7-5-3-4-6-8-10-12-14-16-18(19)20/h3,5,17H,7,9,11-16H2,1-2H3,(H,19,20). The van der Waals surface area contributed by atoms with E-state index < -0.39 is 5.97 Å². The van der Waals surface area contributed by atoms with Crippen LogP contribution in [0.4, 0.5) is 0 Å². The van der Waals surface area contributed by atoms with Crippen LogP contribution in [0.25, 0.3) is 0 Å². The highest BCUT2D eigenvalue weighted by molar-refractivity contribution is 5.66. The van der Waals surface area contributed by atoms with Crippen LogP contribution in [0.3, 0.4) is 0 Å². The van der Waals surface area contributed by atoms with Gasteiger partial charge in [0.15, 0.2) is 0 Å². The minimum atomic E-state index is -0.769. The molecule has 0 rings (SSSR count). The van der Waals surface area contributed by atoms with Gasteiger partial charge in [0.25, 0.3) is 0 Å². The molecule has 0 aliphatic rings. The molecule has 20 heavy (non-hydrogen) atoms. The minimum Gasteiger partial charge on any atom is -0.481 e. The van der Waals surface area contributed by atoms with Crippen molar-refractivity contribution in [3.05, 3.63) is 12.2 Å². The summed E-state index contributed by atoms with van der Waals surface area (Å²) in [7, 11) is 0. The Bertz CT molecular complexity index is 397. The van der Waals surface area contributed by atoms with E-state index in [9.17, 15) is 4.79 Å². The van der Waals surface area contributed by atoms with Crippen LogP contribution in [0.2, 0.25) is 0 Å². The highest BCUT2D eigenvalue weighted by Gasteiger charge is 1.93. The van der Waals surface area contributed by atoms with Crippen LogP contribution in [0.1, 0.15) is 65.2 Å². The molecule has 0 spiro atoms. The summed E-state index contributed by atoms with van der Waals surface area (Å²) in [6.07, 6.45) is 11.6. The first-order chi connectivity index (χ1) is 9.63. The summed E-state index contributed by atoms with van der Waals surface area (Å²) in [4.78, 5) is 10.2. The van der Waals surface area contributed by atoms with Crippen molar-refractivity contribution in [2.45, 2.75) is 65.2 Å². The van der Waals surface area contributed by atoms with Gasteiger partial charge in [-0.25, -0.2) is 0 Å². The molecule has 0 aromatic rings. The van der Waals surface area contributed by atoms with Crippen LogP contribution in [0, 0.1) is 29.6 Å². The largest absolute Gasteiger partial charge is 0.481 e. The Hall–Kier alpha value is -1.67. The Morgan fingerprint density at radius 3 is 2.65 bits per heavy atom. The molecule has 0 aliphatic carbocycles. The van der Waals surface area contributed by atoms with Gasteiger partial charge in [-0.1, -0.05) is 51.0 Å². The van der Waals surface area contributed by atoms with Crippen molar-refractivity contribution >= 4 is 5.97 Å². The first-order valence-corrected chi connectivity index (χ1v) is 7.48. The molecule has 2 heteroatoms. The Morgan fingerprint density at radius 2 is 1.95 bits per heavy atom. The predicted octanol–water partition coefficient (Wildman–Crippen LogP) is 4.41. The van der Waals surface area contributed by atoms with Gasteiger partial charge in [0.2, 0.25) is 0 Å². The van der Waals surface area contributed by atoms with Crippen molar-refractivity contribution in [3.63, 3.8) is 0 Å². The number of rotatable bonds is 9. The van der Waals surface area contributed by atoms with Crippen molar-refractivity contribution in [2.75, 3.05) is 0 Å². The number of allylic oxidation sites excluding steroid dienone is 2. The third-order valence-corrected chi connectivity index (χ3v) is 2.77. The topological polar surface area (TPSA) is 37.3 Å². The summed E-state index contributed by atoms with van der Waals surface area (Å²) in [6.45, 7) is 4.52. The Balaban J connectivity index is 3.49. The molecule has 0 heterocycles. The average Bonchev–Trinajstić information content (AvgIpc) is 2.38. The van der Waals surface area contributed by atoms with Gasteiger partial charge in [0.05, 0.1) is 0 Å². The Labute approximate surface area is 123 Å². The van der Waals surface area contributed by atoms with Gasteiger partial charge in [0, 0.05) is 12.8 Å². The van der Waals surface area contributed by atoms with Gasteiger partial charge in [0.1, 0.15) is 0 Å². The van der Waals surface area contributed by atoms with Crippen molar-refractivity contribution in [1.82, 2.24) is 0 Å². The quantitative estimate of drug-likeness (QED) is 0.499. The van der Waals surface area contributed by atoms with Crippen LogP contribution >= 0.6 is 0 Å². The minimum absolute atomic E-state index is 0.179. The molecule has 1 N–H and O–H groups in total. The third-order valence-electron chi connectivity index (χ3n) is 2.77. The van der Waals surface area contributed by atoms with E-state index in [-0.39, 0.29) is 6.42 Å². The fourth-order valence-corrected chi connectivity index (χ4v) is 1.65. The lowest BCUT2D eigenvalue weighted by Gasteiger charge is -2.02. The zero-order chi connectivity index (χ0) is 15.1. The number of carbonyl (C=O) groups is 1. The smallest absolute Gasteiger partial charge is 0.303 e. The highest BCUT2D eigenvalue weighted by Crippen LogP contribution is 2.09.